The van der Waals surface area contributed by atoms with Crippen molar-refractivity contribution in [2.24, 2.45) is 7.05 Å². The molecule has 0 fully saturated rings. The second-order valence-corrected chi connectivity index (χ2v) is 4.96. The Labute approximate surface area is 114 Å². The van der Waals surface area contributed by atoms with Gasteiger partial charge in [-0.25, -0.2) is 14.9 Å². The summed E-state index contributed by atoms with van der Waals surface area (Å²) in [5.74, 6) is 0.963. The molecular formula is C12H16N6O2. The summed E-state index contributed by atoms with van der Waals surface area (Å²) in [6, 6.07) is 0.0281. The summed E-state index contributed by atoms with van der Waals surface area (Å²) in [4.78, 5) is 27.6. The van der Waals surface area contributed by atoms with Crippen molar-refractivity contribution in [2.75, 3.05) is 0 Å². The summed E-state index contributed by atoms with van der Waals surface area (Å²) in [6.45, 7) is 0.566. The van der Waals surface area contributed by atoms with Crippen molar-refractivity contribution in [2.45, 2.75) is 31.8 Å². The van der Waals surface area contributed by atoms with Gasteiger partial charge in [0, 0.05) is 38.4 Å². The van der Waals surface area contributed by atoms with E-state index in [0.717, 1.165) is 12.2 Å². The van der Waals surface area contributed by atoms with E-state index in [9.17, 15) is 9.59 Å². The van der Waals surface area contributed by atoms with Gasteiger partial charge in [-0.3, -0.25) is 9.36 Å². The SMILES string of the molecule is Cn1ccnc1C(=O)N[C@H]1CCc2n[nH]c(=O)n2CC1. The highest BCUT2D eigenvalue weighted by Crippen LogP contribution is 2.11. The van der Waals surface area contributed by atoms with E-state index < -0.39 is 0 Å². The third-order valence-corrected chi connectivity index (χ3v) is 3.61. The lowest BCUT2D eigenvalue weighted by molar-refractivity contribution is 0.0919. The van der Waals surface area contributed by atoms with E-state index in [1.165, 1.54) is 0 Å². The van der Waals surface area contributed by atoms with Crippen molar-refractivity contribution in [3.8, 4) is 0 Å². The predicted molar refractivity (Wildman–Crippen MR) is 70.2 cm³/mol. The number of hydrogen-bond acceptors (Lipinski definition) is 4. The van der Waals surface area contributed by atoms with E-state index in [-0.39, 0.29) is 17.6 Å². The largest absolute Gasteiger partial charge is 0.347 e. The second-order valence-electron chi connectivity index (χ2n) is 4.96. The Balaban J connectivity index is 1.67. The highest BCUT2D eigenvalue weighted by Gasteiger charge is 2.21. The first-order chi connectivity index (χ1) is 9.65. The Morgan fingerprint density at radius 2 is 2.35 bits per heavy atom. The van der Waals surface area contributed by atoms with Crippen LogP contribution in [-0.2, 0) is 20.0 Å². The molecule has 20 heavy (non-hydrogen) atoms. The number of fused-ring (bicyclic) bond motifs is 1. The molecule has 8 heteroatoms. The molecule has 2 aromatic heterocycles. The zero-order valence-electron chi connectivity index (χ0n) is 11.2. The molecule has 3 heterocycles. The van der Waals surface area contributed by atoms with Crippen LogP contribution in [0.4, 0.5) is 0 Å². The molecule has 0 saturated carbocycles. The average Bonchev–Trinajstić information content (AvgIpc) is 2.93. The highest BCUT2D eigenvalue weighted by atomic mass is 16.2. The zero-order valence-corrected chi connectivity index (χ0v) is 11.2. The molecule has 0 aromatic carbocycles. The predicted octanol–water partition coefficient (Wildman–Crippen LogP) is -0.560. The molecule has 3 rings (SSSR count). The van der Waals surface area contributed by atoms with E-state index in [2.05, 4.69) is 20.5 Å². The van der Waals surface area contributed by atoms with Crippen molar-refractivity contribution in [3.05, 3.63) is 34.5 Å². The monoisotopic (exact) mass is 276 g/mol. The molecule has 0 saturated heterocycles. The van der Waals surface area contributed by atoms with Crippen LogP contribution in [0.25, 0.3) is 0 Å². The summed E-state index contributed by atoms with van der Waals surface area (Å²) in [5, 5.41) is 9.41. The fraction of sp³-hybridized carbons (Fsp3) is 0.500. The lowest BCUT2D eigenvalue weighted by Crippen LogP contribution is -2.36. The van der Waals surface area contributed by atoms with E-state index in [1.54, 1.807) is 28.6 Å². The average molecular weight is 276 g/mol. The minimum absolute atomic E-state index is 0.0281. The molecule has 1 amide bonds. The number of carbonyl (C=O) groups is 1. The lowest BCUT2D eigenvalue weighted by atomic mass is 10.1. The fourth-order valence-electron chi connectivity index (χ4n) is 2.48. The first kappa shape index (κ1) is 12.6. The van der Waals surface area contributed by atoms with Crippen molar-refractivity contribution in [1.29, 1.82) is 0 Å². The van der Waals surface area contributed by atoms with Gasteiger partial charge in [0.2, 0.25) is 0 Å². The number of rotatable bonds is 2. The quantitative estimate of drug-likeness (QED) is 0.768. The number of carbonyl (C=O) groups excluding carboxylic acids is 1. The topological polar surface area (TPSA) is 97.6 Å². The summed E-state index contributed by atoms with van der Waals surface area (Å²) >= 11 is 0. The van der Waals surface area contributed by atoms with Crippen LogP contribution in [0.2, 0.25) is 0 Å². The van der Waals surface area contributed by atoms with Crippen molar-refractivity contribution < 1.29 is 4.79 Å². The highest BCUT2D eigenvalue weighted by molar-refractivity contribution is 5.90. The van der Waals surface area contributed by atoms with Crippen molar-refractivity contribution in [1.82, 2.24) is 29.6 Å². The van der Waals surface area contributed by atoms with Gasteiger partial charge in [0.1, 0.15) is 5.82 Å². The summed E-state index contributed by atoms with van der Waals surface area (Å²) < 4.78 is 3.31. The van der Waals surface area contributed by atoms with Crippen LogP contribution < -0.4 is 11.0 Å². The second kappa shape index (κ2) is 4.95. The van der Waals surface area contributed by atoms with Gasteiger partial charge < -0.3 is 9.88 Å². The molecule has 2 aromatic rings. The molecule has 0 bridgehead atoms. The normalized spacial score (nSPS) is 18.4. The van der Waals surface area contributed by atoms with Gasteiger partial charge in [-0.05, 0) is 12.8 Å². The van der Waals surface area contributed by atoms with Gasteiger partial charge in [0.05, 0.1) is 0 Å². The van der Waals surface area contributed by atoms with Crippen LogP contribution in [0.3, 0.4) is 0 Å². The van der Waals surface area contributed by atoms with Gasteiger partial charge in [-0.2, -0.15) is 5.10 Å². The van der Waals surface area contributed by atoms with Crippen LogP contribution in [0.15, 0.2) is 17.2 Å². The molecule has 0 radical (unpaired) electrons. The number of H-pyrrole nitrogens is 1. The van der Waals surface area contributed by atoms with Gasteiger partial charge >= 0.3 is 5.69 Å². The maximum Gasteiger partial charge on any atom is 0.343 e. The lowest BCUT2D eigenvalue weighted by Gasteiger charge is -2.15. The van der Waals surface area contributed by atoms with Gasteiger partial charge in [-0.1, -0.05) is 0 Å². The first-order valence-corrected chi connectivity index (χ1v) is 6.57. The van der Waals surface area contributed by atoms with Crippen LogP contribution in [0, 0.1) is 0 Å². The molecule has 0 unspecified atom stereocenters. The summed E-state index contributed by atoms with van der Waals surface area (Å²) in [6.07, 6.45) is 5.47. The molecule has 8 nitrogen and oxygen atoms in total. The standard InChI is InChI=1S/C12H16N6O2/c1-17-7-5-13-10(17)11(19)14-8-2-3-9-15-16-12(20)18(9)6-4-8/h5,7-8H,2-4,6H2,1H3,(H,14,19)(H,16,20)/t8-/m0/s1. The van der Waals surface area contributed by atoms with Crippen molar-refractivity contribution >= 4 is 5.91 Å². The minimum Gasteiger partial charge on any atom is -0.347 e. The molecule has 1 atom stereocenters. The third kappa shape index (κ3) is 2.24. The first-order valence-electron chi connectivity index (χ1n) is 6.57. The van der Waals surface area contributed by atoms with Crippen molar-refractivity contribution in [3.63, 3.8) is 0 Å². The Morgan fingerprint density at radius 1 is 1.50 bits per heavy atom. The minimum atomic E-state index is -0.184. The van der Waals surface area contributed by atoms with Crippen LogP contribution >= 0.6 is 0 Å². The number of aromatic amines is 1. The molecule has 106 valence electrons. The number of imidazole rings is 1. The Hall–Kier alpha value is -2.38. The third-order valence-electron chi connectivity index (χ3n) is 3.61. The Morgan fingerprint density at radius 3 is 3.10 bits per heavy atom. The van der Waals surface area contributed by atoms with Crippen LogP contribution in [-0.4, -0.2) is 36.3 Å². The number of nitrogens with zero attached hydrogens (tertiary/aromatic N) is 4. The Bertz CT molecular complexity index is 682. The molecule has 0 spiro atoms. The molecule has 2 N–H and O–H groups in total. The molecule has 1 aliphatic rings. The summed E-state index contributed by atoms with van der Waals surface area (Å²) in [5.41, 5.74) is -0.184. The smallest absolute Gasteiger partial charge is 0.343 e. The van der Waals surface area contributed by atoms with E-state index >= 15 is 0 Å². The maximum atomic E-state index is 12.1. The number of amides is 1. The number of aromatic nitrogens is 5. The van der Waals surface area contributed by atoms with Gasteiger partial charge in [0.25, 0.3) is 5.91 Å². The van der Waals surface area contributed by atoms with E-state index in [4.69, 9.17) is 0 Å². The molecular weight excluding hydrogens is 260 g/mol. The fourth-order valence-corrected chi connectivity index (χ4v) is 2.48. The van der Waals surface area contributed by atoms with Crippen LogP contribution in [0.1, 0.15) is 29.3 Å². The van der Waals surface area contributed by atoms with Gasteiger partial charge in [0.15, 0.2) is 5.82 Å². The Kier molecular flexibility index (Phi) is 3.13. The van der Waals surface area contributed by atoms with E-state index in [0.29, 0.717) is 25.2 Å². The maximum absolute atomic E-state index is 12.1. The zero-order chi connectivity index (χ0) is 14.1. The number of aryl methyl sites for hydroxylation is 2. The molecule has 1 aliphatic heterocycles. The van der Waals surface area contributed by atoms with Gasteiger partial charge in [-0.15, -0.1) is 0 Å². The summed E-state index contributed by atoms with van der Waals surface area (Å²) in [7, 11) is 1.78. The number of nitrogens with one attached hydrogen (secondary N) is 2. The molecule has 0 aliphatic carbocycles. The number of hydrogen-bond donors (Lipinski definition) is 2. The van der Waals surface area contributed by atoms with E-state index in [1.807, 2.05) is 0 Å². The van der Waals surface area contributed by atoms with Crippen LogP contribution in [0.5, 0.6) is 0 Å².